The summed E-state index contributed by atoms with van der Waals surface area (Å²) in [7, 11) is 0. The average molecular weight is 316 g/mol. The Kier molecular flexibility index (Phi) is 8.24. The lowest BCUT2D eigenvalue weighted by atomic mass is 9.94. The van der Waals surface area contributed by atoms with Gasteiger partial charge in [-0.1, -0.05) is 44.1 Å². The third kappa shape index (κ3) is 7.22. The molecule has 0 atom stereocenters. The molecule has 1 aromatic rings. The number of unbranched alkanes of at least 4 members (excludes halogenated alkanes) is 2. The van der Waals surface area contributed by atoms with Gasteiger partial charge < -0.3 is 9.47 Å². The van der Waals surface area contributed by atoms with Crippen molar-refractivity contribution in [2.45, 2.75) is 70.8 Å². The van der Waals surface area contributed by atoms with Crippen LogP contribution in [0.3, 0.4) is 0 Å². The first-order valence-electron chi connectivity index (χ1n) is 9.28. The van der Waals surface area contributed by atoms with Crippen molar-refractivity contribution in [2.24, 2.45) is 0 Å². The van der Waals surface area contributed by atoms with E-state index in [9.17, 15) is 0 Å². The van der Waals surface area contributed by atoms with Crippen molar-refractivity contribution in [3.05, 3.63) is 42.0 Å². The molecule has 1 fully saturated rings. The molecule has 0 unspecified atom stereocenters. The van der Waals surface area contributed by atoms with Gasteiger partial charge in [-0.05, 0) is 56.2 Å². The van der Waals surface area contributed by atoms with E-state index in [0.29, 0.717) is 6.10 Å². The maximum atomic E-state index is 5.92. The van der Waals surface area contributed by atoms with Gasteiger partial charge >= 0.3 is 0 Å². The second kappa shape index (κ2) is 10.5. The topological polar surface area (TPSA) is 18.5 Å². The fraction of sp³-hybridized carbons (Fsp3) is 0.619. The highest BCUT2D eigenvalue weighted by molar-refractivity contribution is 5.27. The molecule has 128 valence electrons. The third-order valence-corrected chi connectivity index (χ3v) is 4.54. The van der Waals surface area contributed by atoms with Crippen LogP contribution in [0.1, 0.15) is 63.9 Å². The summed E-state index contributed by atoms with van der Waals surface area (Å²) in [5, 5.41) is 0. The molecular formula is C21H32O2. The summed E-state index contributed by atoms with van der Waals surface area (Å²) >= 11 is 0. The molecule has 1 aliphatic carbocycles. The number of ether oxygens (including phenoxy) is 2. The minimum absolute atomic E-state index is 0.433. The Balaban J connectivity index is 1.54. The van der Waals surface area contributed by atoms with E-state index in [2.05, 4.69) is 37.8 Å². The number of hydrogen-bond donors (Lipinski definition) is 0. The van der Waals surface area contributed by atoms with Gasteiger partial charge in [-0.15, -0.1) is 0 Å². The molecule has 0 N–H and O–H groups in total. The molecule has 2 nitrogen and oxygen atoms in total. The summed E-state index contributed by atoms with van der Waals surface area (Å²) in [5.41, 5.74) is 2.79. The van der Waals surface area contributed by atoms with Crippen molar-refractivity contribution in [1.29, 1.82) is 0 Å². The first-order valence-corrected chi connectivity index (χ1v) is 9.28. The maximum Gasteiger partial charge on any atom is 0.119 e. The first-order chi connectivity index (χ1) is 11.3. The molecule has 1 aromatic carbocycles. The lowest BCUT2D eigenvalue weighted by molar-refractivity contribution is 0.0293. The van der Waals surface area contributed by atoms with Gasteiger partial charge in [-0.25, -0.2) is 0 Å². The monoisotopic (exact) mass is 316 g/mol. The highest BCUT2D eigenvalue weighted by Gasteiger charge is 2.15. The summed E-state index contributed by atoms with van der Waals surface area (Å²) < 4.78 is 11.7. The minimum Gasteiger partial charge on any atom is -0.494 e. The fourth-order valence-electron chi connectivity index (χ4n) is 3.00. The number of rotatable bonds is 10. The fourth-order valence-corrected chi connectivity index (χ4v) is 3.00. The molecule has 2 heteroatoms. The molecule has 0 bridgehead atoms. The van der Waals surface area contributed by atoms with Gasteiger partial charge in [0.05, 0.1) is 19.3 Å². The van der Waals surface area contributed by atoms with E-state index < -0.39 is 0 Å². The van der Waals surface area contributed by atoms with Crippen LogP contribution in [0, 0.1) is 0 Å². The number of hydrogen-bond acceptors (Lipinski definition) is 2. The Morgan fingerprint density at radius 3 is 2.43 bits per heavy atom. The molecular weight excluding hydrogens is 284 g/mol. The Bertz CT molecular complexity index is 439. The van der Waals surface area contributed by atoms with E-state index in [1.165, 1.54) is 36.8 Å². The molecule has 1 saturated carbocycles. The first kappa shape index (κ1) is 18.1. The molecule has 2 rings (SSSR count). The largest absolute Gasteiger partial charge is 0.494 e. The van der Waals surface area contributed by atoms with E-state index in [0.717, 1.165) is 51.1 Å². The summed E-state index contributed by atoms with van der Waals surface area (Å²) in [5.74, 6) is 0.971. The molecule has 23 heavy (non-hydrogen) atoms. The van der Waals surface area contributed by atoms with Crippen molar-refractivity contribution in [1.82, 2.24) is 0 Å². The lowest BCUT2D eigenvalue weighted by Gasteiger charge is -2.23. The Hall–Kier alpha value is -1.28. The van der Waals surface area contributed by atoms with E-state index >= 15 is 0 Å². The number of aryl methyl sites for hydroxylation is 1. The molecule has 0 spiro atoms. The smallest absolute Gasteiger partial charge is 0.119 e. The van der Waals surface area contributed by atoms with Crippen LogP contribution in [0.5, 0.6) is 5.75 Å². The van der Waals surface area contributed by atoms with Crippen molar-refractivity contribution in [3.63, 3.8) is 0 Å². The average Bonchev–Trinajstić information content (AvgIpc) is 2.58. The predicted octanol–water partition coefficient (Wildman–Crippen LogP) is 5.70. The summed E-state index contributed by atoms with van der Waals surface area (Å²) in [4.78, 5) is 0. The number of benzene rings is 1. The van der Waals surface area contributed by atoms with Gasteiger partial charge in [0, 0.05) is 6.42 Å². The molecule has 0 amide bonds. The van der Waals surface area contributed by atoms with Crippen LogP contribution in [-0.4, -0.2) is 19.3 Å². The van der Waals surface area contributed by atoms with Crippen LogP contribution in [0.2, 0.25) is 0 Å². The highest BCUT2D eigenvalue weighted by Crippen LogP contribution is 2.24. The second-order valence-electron chi connectivity index (χ2n) is 6.62. The summed E-state index contributed by atoms with van der Waals surface area (Å²) in [6.07, 6.45) is 11.0. The normalized spacial score (nSPS) is 15.8. The van der Waals surface area contributed by atoms with Gasteiger partial charge in [0.1, 0.15) is 5.75 Å². The van der Waals surface area contributed by atoms with E-state index in [4.69, 9.17) is 9.47 Å². The Morgan fingerprint density at radius 1 is 1.00 bits per heavy atom. The highest BCUT2D eigenvalue weighted by atomic mass is 16.5. The van der Waals surface area contributed by atoms with Crippen LogP contribution in [0.15, 0.2) is 36.4 Å². The number of allylic oxidation sites excluding steroid dienone is 1. The molecule has 0 saturated heterocycles. The Morgan fingerprint density at radius 2 is 1.74 bits per heavy atom. The maximum absolute atomic E-state index is 5.92. The molecule has 0 aliphatic heterocycles. The van der Waals surface area contributed by atoms with Crippen molar-refractivity contribution >= 4 is 0 Å². The van der Waals surface area contributed by atoms with E-state index in [-0.39, 0.29) is 0 Å². The predicted molar refractivity (Wildman–Crippen MR) is 97.1 cm³/mol. The van der Waals surface area contributed by atoms with Gasteiger partial charge in [0.2, 0.25) is 0 Å². The van der Waals surface area contributed by atoms with Gasteiger partial charge in [-0.2, -0.15) is 0 Å². The van der Waals surface area contributed by atoms with Crippen LogP contribution < -0.4 is 4.74 Å². The second-order valence-corrected chi connectivity index (χ2v) is 6.62. The Labute approximate surface area is 141 Å². The van der Waals surface area contributed by atoms with Crippen molar-refractivity contribution in [2.75, 3.05) is 13.2 Å². The molecule has 0 heterocycles. The van der Waals surface area contributed by atoms with Crippen LogP contribution in [-0.2, 0) is 11.2 Å². The van der Waals surface area contributed by atoms with Gasteiger partial charge in [0.15, 0.2) is 0 Å². The molecule has 0 aromatic heterocycles. The van der Waals surface area contributed by atoms with Crippen LogP contribution in [0.25, 0.3) is 0 Å². The summed E-state index contributed by atoms with van der Waals surface area (Å²) in [6, 6.07) is 8.57. The van der Waals surface area contributed by atoms with Crippen LogP contribution >= 0.6 is 0 Å². The van der Waals surface area contributed by atoms with Gasteiger partial charge in [-0.3, -0.25) is 0 Å². The zero-order valence-electron chi connectivity index (χ0n) is 14.7. The quantitative estimate of drug-likeness (QED) is 0.407. The van der Waals surface area contributed by atoms with Crippen molar-refractivity contribution < 1.29 is 9.47 Å². The van der Waals surface area contributed by atoms with E-state index in [1.807, 2.05) is 0 Å². The molecule has 1 aliphatic rings. The van der Waals surface area contributed by atoms with Gasteiger partial charge in [0.25, 0.3) is 0 Å². The SMILES string of the molecule is C=C1CCC(OCCCOc2ccc(CCCCC)cc2)CC1. The molecule has 0 radical (unpaired) electrons. The summed E-state index contributed by atoms with van der Waals surface area (Å²) in [6.45, 7) is 7.81. The van der Waals surface area contributed by atoms with Crippen LogP contribution in [0.4, 0.5) is 0 Å². The zero-order valence-corrected chi connectivity index (χ0v) is 14.7. The third-order valence-electron chi connectivity index (χ3n) is 4.54. The standard InChI is InChI=1S/C21H32O2/c1-3-4-5-7-19-10-14-21(15-11-19)23-17-6-16-22-20-12-8-18(2)9-13-20/h10-11,14-15,20H,2-9,12-13,16-17H2,1H3. The zero-order chi connectivity index (χ0) is 16.3. The lowest BCUT2D eigenvalue weighted by Crippen LogP contribution is -2.18. The van der Waals surface area contributed by atoms with E-state index in [1.54, 1.807) is 0 Å². The van der Waals surface area contributed by atoms with Crippen molar-refractivity contribution in [3.8, 4) is 5.75 Å². The minimum atomic E-state index is 0.433.